The highest BCUT2D eigenvalue weighted by Crippen LogP contribution is 2.31. The van der Waals surface area contributed by atoms with E-state index < -0.39 is 11.5 Å². The molecule has 0 unspecified atom stereocenters. The summed E-state index contributed by atoms with van der Waals surface area (Å²) in [6.45, 7) is 5.90. The summed E-state index contributed by atoms with van der Waals surface area (Å²) in [5.41, 5.74) is -0.0994. The topological polar surface area (TPSA) is 60.9 Å². The average Bonchev–Trinajstić information content (AvgIpc) is 3.13. The Morgan fingerprint density at radius 3 is 2.52 bits per heavy atom. The summed E-state index contributed by atoms with van der Waals surface area (Å²) in [7, 11) is 0. The van der Waals surface area contributed by atoms with Crippen LogP contribution in [0.2, 0.25) is 0 Å². The van der Waals surface area contributed by atoms with Crippen LogP contribution in [0.4, 0.5) is 4.79 Å². The van der Waals surface area contributed by atoms with Crippen LogP contribution < -0.4 is 0 Å². The number of hydrogen-bond acceptors (Lipinski definition) is 3. The first-order chi connectivity index (χ1) is 9.87. The molecule has 1 aliphatic carbocycles. The van der Waals surface area contributed by atoms with Gasteiger partial charge in [0.05, 0.1) is 0 Å². The van der Waals surface area contributed by atoms with E-state index in [1.807, 2.05) is 28.7 Å². The highest BCUT2D eigenvalue weighted by atomic mass is 32.1. The van der Waals surface area contributed by atoms with Gasteiger partial charge in [-0.1, -0.05) is 0 Å². The molecule has 1 aromatic rings. The number of hydrogen-bond donors (Lipinski definition) is 1. The van der Waals surface area contributed by atoms with Crippen molar-refractivity contribution in [2.24, 2.45) is 0 Å². The number of likely N-dealkylation sites (N-methyl/N-ethyl adjacent to an activating group) is 1. The minimum atomic E-state index is -1.20. The van der Waals surface area contributed by atoms with Crippen molar-refractivity contribution in [2.75, 3.05) is 6.54 Å². The largest absolute Gasteiger partial charge is 0.480 e. The SMILES string of the molecule is CCN(C(=O)N(Cc1ccsc1)C1CC1)C(C)(C)C(=O)O. The molecule has 2 rings (SSSR count). The maximum atomic E-state index is 12.8. The van der Waals surface area contributed by atoms with E-state index in [0.29, 0.717) is 13.1 Å². The molecule has 0 aliphatic heterocycles. The van der Waals surface area contributed by atoms with E-state index in [4.69, 9.17) is 0 Å². The van der Waals surface area contributed by atoms with Gasteiger partial charge >= 0.3 is 12.0 Å². The second-order valence-corrected chi connectivity index (χ2v) is 6.66. The molecule has 6 heteroatoms. The van der Waals surface area contributed by atoms with E-state index in [9.17, 15) is 14.7 Å². The van der Waals surface area contributed by atoms with Crippen LogP contribution in [0.25, 0.3) is 0 Å². The van der Waals surface area contributed by atoms with Crippen LogP contribution >= 0.6 is 11.3 Å². The zero-order valence-electron chi connectivity index (χ0n) is 12.7. The number of carbonyl (C=O) groups is 2. The third kappa shape index (κ3) is 3.37. The summed E-state index contributed by atoms with van der Waals surface area (Å²) in [5, 5.41) is 13.4. The number of urea groups is 1. The number of carboxylic acid groups (broad SMARTS) is 1. The minimum Gasteiger partial charge on any atom is -0.480 e. The van der Waals surface area contributed by atoms with Gasteiger partial charge in [-0.15, -0.1) is 0 Å². The molecule has 1 aliphatic rings. The average molecular weight is 310 g/mol. The van der Waals surface area contributed by atoms with Crippen LogP contribution in [-0.4, -0.2) is 45.0 Å². The maximum absolute atomic E-state index is 12.8. The van der Waals surface area contributed by atoms with Gasteiger partial charge in [0.1, 0.15) is 5.54 Å². The fourth-order valence-corrected chi connectivity index (χ4v) is 3.02. The number of carbonyl (C=O) groups excluding carboxylic acids is 1. The summed E-state index contributed by atoms with van der Waals surface area (Å²) < 4.78 is 0. The zero-order valence-corrected chi connectivity index (χ0v) is 13.5. The molecule has 1 aromatic heterocycles. The summed E-state index contributed by atoms with van der Waals surface area (Å²) in [6.07, 6.45) is 2.00. The third-order valence-corrected chi connectivity index (χ3v) is 4.64. The van der Waals surface area contributed by atoms with E-state index in [1.165, 1.54) is 4.90 Å². The molecule has 1 heterocycles. The highest BCUT2D eigenvalue weighted by Gasteiger charge is 2.42. The van der Waals surface area contributed by atoms with Crippen molar-refractivity contribution in [3.8, 4) is 0 Å². The van der Waals surface area contributed by atoms with Crippen molar-refractivity contribution < 1.29 is 14.7 Å². The van der Waals surface area contributed by atoms with Gasteiger partial charge in [0.15, 0.2) is 0 Å². The van der Waals surface area contributed by atoms with E-state index in [-0.39, 0.29) is 12.1 Å². The van der Waals surface area contributed by atoms with Crippen molar-refractivity contribution in [3.63, 3.8) is 0 Å². The van der Waals surface area contributed by atoms with Crippen LogP contribution in [0.15, 0.2) is 16.8 Å². The van der Waals surface area contributed by atoms with Gasteiger partial charge in [0.2, 0.25) is 0 Å². The first-order valence-corrected chi connectivity index (χ1v) is 8.15. The predicted molar refractivity (Wildman–Crippen MR) is 82.4 cm³/mol. The van der Waals surface area contributed by atoms with E-state index in [1.54, 1.807) is 25.2 Å². The number of thiophene rings is 1. The van der Waals surface area contributed by atoms with Crippen LogP contribution in [-0.2, 0) is 11.3 Å². The van der Waals surface area contributed by atoms with Gasteiger partial charge in [0, 0.05) is 19.1 Å². The molecule has 0 radical (unpaired) electrons. The standard InChI is InChI=1S/C15H22N2O3S/c1-4-17(15(2,3)13(18)19)14(20)16(12-5-6-12)9-11-7-8-21-10-11/h7-8,10,12H,4-6,9H2,1-3H3,(H,18,19). The van der Waals surface area contributed by atoms with Crippen LogP contribution in [0.1, 0.15) is 39.2 Å². The molecule has 5 nitrogen and oxygen atoms in total. The summed E-state index contributed by atoms with van der Waals surface area (Å²) in [6, 6.07) is 2.07. The van der Waals surface area contributed by atoms with Crippen molar-refractivity contribution in [2.45, 2.75) is 51.7 Å². The number of nitrogens with zero attached hydrogens (tertiary/aromatic N) is 2. The lowest BCUT2D eigenvalue weighted by molar-refractivity contribution is -0.147. The fraction of sp³-hybridized carbons (Fsp3) is 0.600. The Balaban J connectivity index is 2.18. The Morgan fingerprint density at radius 1 is 1.43 bits per heavy atom. The van der Waals surface area contributed by atoms with Gasteiger partial charge in [-0.25, -0.2) is 9.59 Å². The lowest BCUT2D eigenvalue weighted by Gasteiger charge is -2.38. The van der Waals surface area contributed by atoms with Gasteiger partial charge in [-0.2, -0.15) is 11.3 Å². The Morgan fingerprint density at radius 2 is 2.10 bits per heavy atom. The first kappa shape index (κ1) is 15.8. The predicted octanol–water partition coefficient (Wildman–Crippen LogP) is 3.02. The van der Waals surface area contributed by atoms with E-state index >= 15 is 0 Å². The molecule has 0 spiro atoms. The molecule has 1 saturated carbocycles. The molecule has 1 N–H and O–H groups in total. The zero-order chi connectivity index (χ0) is 15.6. The molecule has 0 saturated heterocycles. The van der Waals surface area contributed by atoms with E-state index in [0.717, 1.165) is 18.4 Å². The number of amides is 2. The molecule has 0 atom stereocenters. The van der Waals surface area contributed by atoms with Crippen molar-refractivity contribution >= 4 is 23.3 Å². The van der Waals surface area contributed by atoms with Gasteiger partial charge in [0.25, 0.3) is 0 Å². The molecule has 21 heavy (non-hydrogen) atoms. The number of aliphatic carboxylic acids is 1. The van der Waals surface area contributed by atoms with Crippen LogP contribution in [0.3, 0.4) is 0 Å². The lowest BCUT2D eigenvalue weighted by Crippen LogP contribution is -2.57. The molecule has 1 fully saturated rings. The van der Waals surface area contributed by atoms with Crippen molar-refractivity contribution in [1.82, 2.24) is 9.80 Å². The summed E-state index contributed by atoms with van der Waals surface area (Å²) in [5.74, 6) is -0.982. The fourth-order valence-electron chi connectivity index (χ4n) is 2.36. The Hall–Kier alpha value is -1.56. The molecule has 0 bridgehead atoms. The van der Waals surface area contributed by atoms with Gasteiger partial charge in [-0.05, 0) is 56.0 Å². The Labute approximate surface area is 129 Å². The lowest BCUT2D eigenvalue weighted by atomic mass is 10.0. The molecule has 0 aromatic carbocycles. The van der Waals surface area contributed by atoms with Gasteiger partial charge < -0.3 is 14.9 Å². The van der Waals surface area contributed by atoms with E-state index in [2.05, 4.69) is 0 Å². The number of rotatable bonds is 6. The molecular formula is C15H22N2O3S. The smallest absolute Gasteiger partial charge is 0.329 e. The monoisotopic (exact) mass is 310 g/mol. The Kier molecular flexibility index (Phi) is 4.56. The van der Waals surface area contributed by atoms with Gasteiger partial charge in [-0.3, -0.25) is 0 Å². The summed E-state index contributed by atoms with van der Waals surface area (Å²) >= 11 is 1.60. The molecular weight excluding hydrogens is 288 g/mol. The molecule has 2 amide bonds. The first-order valence-electron chi connectivity index (χ1n) is 7.20. The minimum absolute atomic E-state index is 0.182. The second kappa shape index (κ2) is 6.05. The maximum Gasteiger partial charge on any atom is 0.329 e. The summed E-state index contributed by atoms with van der Waals surface area (Å²) in [4.78, 5) is 27.5. The quantitative estimate of drug-likeness (QED) is 0.878. The van der Waals surface area contributed by atoms with Crippen LogP contribution in [0.5, 0.6) is 0 Å². The highest BCUT2D eigenvalue weighted by molar-refractivity contribution is 7.07. The number of carboxylic acids is 1. The van der Waals surface area contributed by atoms with Crippen molar-refractivity contribution in [3.05, 3.63) is 22.4 Å². The second-order valence-electron chi connectivity index (χ2n) is 5.88. The normalized spacial score (nSPS) is 14.8. The molecule has 116 valence electrons. The van der Waals surface area contributed by atoms with Crippen molar-refractivity contribution in [1.29, 1.82) is 0 Å². The van der Waals surface area contributed by atoms with Crippen LogP contribution in [0, 0.1) is 0 Å². The Bertz CT molecular complexity index is 509. The third-order valence-electron chi connectivity index (χ3n) is 3.91.